The maximum atomic E-state index is 12.4. The number of hydrogen-bond donors (Lipinski definition) is 1. The van der Waals surface area contributed by atoms with Gasteiger partial charge >= 0.3 is 5.97 Å². The Hall–Kier alpha value is -2.67. The standard InChI is InChI=1S/C17H18N4O2S/c1-11-14(16(22)23-3)15(12-9-18-20(2)10-12)19-17(24)21(11)13-7-5-4-6-8-13/h4-10,15H,1-3H3,(H,19,24). The summed E-state index contributed by atoms with van der Waals surface area (Å²) < 4.78 is 6.69. The zero-order valence-corrected chi connectivity index (χ0v) is 14.5. The minimum absolute atomic E-state index is 0.390. The van der Waals surface area contributed by atoms with E-state index in [0.717, 1.165) is 16.9 Å². The first kappa shape index (κ1) is 16.2. The van der Waals surface area contributed by atoms with Gasteiger partial charge in [-0.05, 0) is 31.3 Å². The number of esters is 1. The van der Waals surface area contributed by atoms with Crippen molar-refractivity contribution in [3.63, 3.8) is 0 Å². The number of carbonyl (C=O) groups is 1. The molecule has 0 aliphatic carbocycles. The van der Waals surface area contributed by atoms with Gasteiger partial charge in [0.1, 0.15) is 0 Å². The van der Waals surface area contributed by atoms with E-state index in [9.17, 15) is 4.79 Å². The van der Waals surface area contributed by atoms with Crippen LogP contribution in [0.4, 0.5) is 5.69 Å². The van der Waals surface area contributed by atoms with Crippen molar-refractivity contribution in [2.24, 2.45) is 7.05 Å². The van der Waals surface area contributed by atoms with E-state index < -0.39 is 12.0 Å². The van der Waals surface area contributed by atoms with Gasteiger partial charge in [0, 0.05) is 30.2 Å². The number of rotatable bonds is 3. The van der Waals surface area contributed by atoms with Crippen LogP contribution >= 0.6 is 12.2 Å². The third kappa shape index (κ3) is 2.78. The van der Waals surface area contributed by atoms with Crippen molar-refractivity contribution in [2.45, 2.75) is 13.0 Å². The Morgan fingerprint density at radius 2 is 2.04 bits per heavy atom. The summed E-state index contributed by atoms with van der Waals surface area (Å²) in [5, 5.41) is 7.95. The van der Waals surface area contributed by atoms with E-state index in [1.54, 1.807) is 10.9 Å². The zero-order valence-electron chi connectivity index (χ0n) is 13.7. The number of methoxy groups -OCH3 is 1. The van der Waals surface area contributed by atoms with Gasteiger partial charge in [0.2, 0.25) is 0 Å². The molecule has 3 rings (SSSR count). The Labute approximate surface area is 145 Å². The summed E-state index contributed by atoms with van der Waals surface area (Å²) in [5.41, 5.74) is 3.00. The van der Waals surface area contributed by atoms with Crippen LogP contribution in [0.2, 0.25) is 0 Å². The summed E-state index contributed by atoms with van der Waals surface area (Å²) in [4.78, 5) is 14.3. The molecule has 7 heteroatoms. The SMILES string of the molecule is COC(=O)C1=C(C)N(c2ccccc2)C(=S)NC1c1cnn(C)c1. The highest BCUT2D eigenvalue weighted by molar-refractivity contribution is 7.80. The first-order chi connectivity index (χ1) is 11.5. The third-order valence-electron chi connectivity index (χ3n) is 3.96. The summed E-state index contributed by atoms with van der Waals surface area (Å²) in [6, 6.07) is 9.28. The molecule has 1 aromatic heterocycles. The van der Waals surface area contributed by atoms with Crippen molar-refractivity contribution in [3.05, 3.63) is 59.6 Å². The smallest absolute Gasteiger partial charge is 0.337 e. The fraction of sp³-hybridized carbons (Fsp3) is 0.235. The molecule has 1 N–H and O–H groups in total. The molecule has 1 aliphatic heterocycles. The van der Waals surface area contributed by atoms with Gasteiger partial charge in [-0.25, -0.2) is 4.79 Å². The second-order valence-corrected chi connectivity index (χ2v) is 5.88. The maximum absolute atomic E-state index is 12.4. The van der Waals surface area contributed by atoms with Gasteiger partial charge in [0.25, 0.3) is 0 Å². The molecular formula is C17H18N4O2S. The topological polar surface area (TPSA) is 59.4 Å². The number of nitrogens with one attached hydrogen (secondary N) is 1. The van der Waals surface area contributed by atoms with E-state index in [2.05, 4.69) is 10.4 Å². The lowest BCUT2D eigenvalue weighted by Crippen LogP contribution is -2.48. The largest absolute Gasteiger partial charge is 0.466 e. The van der Waals surface area contributed by atoms with Crippen LogP contribution in [0, 0.1) is 0 Å². The summed E-state index contributed by atoms with van der Waals surface area (Å²) in [6.07, 6.45) is 3.57. The number of allylic oxidation sites excluding steroid dienone is 1. The van der Waals surface area contributed by atoms with Gasteiger partial charge in [-0.2, -0.15) is 5.10 Å². The average molecular weight is 342 g/mol. The lowest BCUT2D eigenvalue weighted by atomic mass is 9.97. The van der Waals surface area contributed by atoms with Gasteiger partial charge in [0.05, 0.1) is 24.9 Å². The van der Waals surface area contributed by atoms with Crippen LogP contribution in [0.1, 0.15) is 18.5 Å². The molecule has 0 radical (unpaired) electrons. The van der Waals surface area contributed by atoms with E-state index in [1.165, 1.54) is 7.11 Å². The predicted molar refractivity (Wildman–Crippen MR) is 95.3 cm³/mol. The molecule has 1 aromatic carbocycles. The minimum atomic E-state index is -0.391. The van der Waals surface area contributed by atoms with Gasteiger partial charge in [0.15, 0.2) is 5.11 Å². The number of anilines is 1. The van der Waals surface area contributed by atoms with Crippen LogP contribution in [-0.4, -0.2) is 28.0 Å². The number of nitrogens with zero attached hydrogens (tertiary/aromatic N) is 3. The molecule has 1 unspecified atom stereocenters. The van der Waals surface area contributed by atoms with Crippen molar-refractivity contribution in [3.8, 4) is 0 Å². The van der Waals surface area contributed by atoms with Crippen molar-refractivity contribution in [2.75, 3.05) is 12.0 Å². The van der Waals surface area contributed by atoms with Crippen molar-refractivity contribution >= 4 is 29.0 Å². The van der Waals surface area contributed by atoms with Crippen LogP contribution in [0.3, 0.4) is 0 Å². The van der Waals surface area contributed by atoms with Crippen LogP contribution in [0.5, 0.6) is 0 Å². The highest BCUT2D eigenvalue weighted by Crippen LogP contribution is 2.33. The average Bonchev–Trinajstić information content (AvgIpc) is 3.01. The second-order valence-electron chi connectivity index (χ2n) is 5.49. The maximum Gasteiger partial charge on any atom is 0.337 e. The van der Waals surface area contributed by atoms with Crippen molar-refractivity contribution in [1.29, 1.82) is 0 Å². The van der Waals surface area contributed by atoms with Gasteiger partial charge in [-0.15, -0.1) is 0 Å². The fourth-order valence-corrected chi connectivity index (χ4v) is 3.20. The van der Waals surface area contributed by atoms with E-state index in [0.29, 0.717) is 10.7 Å². The predicted octanol–water partition coefficient (Wildman–Crippen LogP) is 2.30. The molecule has 1 atom stereocenters. The Morgan fingerprint density at radius 3 is 2.62 bits per heavy atom. The summed E-state index contributed by atoms with van der Waals surface area (Å²) in [7, 11) is 3.21. The van der Waals surface area contributed by atoms with Crippen LogP contribution in [0.15, 0.2) is 54.0 Å². The number of ether oxygens (including phenoxy) is 1. The monoisotopic (exact) mass is 342 g/mol. The number of aromatic nitrogens is 2. The van der Waals surface area contributed by atoms with Crippen LogP contribution in [0.25, 0.3) is 0 Å². The first-order valence-electron chi connectivity index (χ1n) is 7.46. The van der Waals surface area contributed by atoms with E-state index in [-0.39, 0.29) is 0 Å². The molecule has 0 amide bonds. The molecular weight excluding hydrogens is 324 g/mol. The molecule has 0 bridgehead atoms. The molecule has 0 saturated carbocycles. The van der Waals surface area contributed by atoms with E-state index >= 15 is 0 Å². The molecule has 2 heterocycles. The number of aryl methyl sites for hydroxylation is 1. The number of hydrogen-bond acceptors (Lipinski definition) is 4. The summed E-state index contributed by atoms with van der Waals surface area (Å²) >= 11 is 5.55. The molecule has 0 saturated heterocycles. The number of benzene rings is 1. The third-order valence-corrected chi connectivity index (χ3v) is 4.26. The number of para-hydroxylation sites is 1. The Kier molecular flexibility index (Phi) is 4.35. The quantitative estimate of drug-likeness (QED) is 0.682. The Bertz CT molecular complexity index is 813. The van der Waals surface area contributed by atoms with Crippen molar-refractivity contribution < 1.29 is 9.53 Å². The lowest BCUT2D eigenvalue weighted by molar-refractivity contribution is -0.136. The second kappa shape index (κ2) is 6.45. The lowest BCUT2D eigenvalue weighted by Gasteiger charge is -2.36. The minimum Gasteiger partial charge on any atom is -0.466 e. The van der Waals surface area contributed by atoms with Crippen LogP contribution < -0.4 is 10.2 Å². The molecule has 0 fully saturated rings. The zero-order chi connectivity index (χ0) is 17.3. The first-order valence-corrected chi connectivity index (χ1v) is 7.87. The highest BCUT2D eigenvalue weighted by atomic mass is 32.1. The number of thiocarbonyl (C=S) groups is 1. The molecule has 124 valence electrons. The molecule has 1 aliphatic rings. The highest BCUT2D eigenvalue weighted by Gasteiger charge is 2.35. The Morgan fingerprint density at radius 1 is 1.33 bits per heavy atom. The Balaban J connectivity index is 2.13. The molecule has 24 heavy (non-hydrogen) atoms. The molecule has 2 aromatic rings. The van der Waals surface area contributed by atoms with E-state index in [1.807, 2.05) is 55.4 Å². The van der Waals surface area contributed by atoms with Crippen LogP contribution in [-0.2, 0) is 16.6 Å². The van der Waals surface area contributed by atoms with Gasteiger partial charge in [-0.3, -0.25) is 9.58 Å². The molecule has 0 spiro atoms. The summed E-state index contributed by atoms with van der Waals surface area (Å²) in [5.74, 6) is -0.391. The van der Waals surface area contributed by atoms with E-state index in [4.69, 9.17) is 17.0 Å². The fourth-order valence-electron chi connectivity index (χ4n) is 2.84. The summed E-state index contributed by atoms with van der Waals surface area (Å²) in [6.45, 7) is 1.87. The number of carbonyl (C=O) groups excluding carboxylic acids is 1. The van der Waals surface area contributed by atoms with Gasteiger partial charge in [-0.1, -0.05) is 18.2 Å². The van der Waals surface area contributed by atoms with Crippen molar-refractivity contribution in [1.82, 2.24) is 15.1 Å². The normalized spacial score (nSPS) is 17.7. The van der Waals surface area contributed by atoms with Gasteiger partial charge < -0.3 is 10.1 Å². The molecule has 6 nitrogen and oxygen atoms in total.